The Morgan fingerprint density at radius 3 is 3.00 bits per heavy atom. The van der Waals surface area contributed by atoms with Crippen molar-refractivity contribution in [3.8, 4) is 0 Å². The van der Waals surface area contributed by atoms with Crippen LogP contribution in [0, 0.1) is 0 Å². The van der Waals surface area contributed by atoms with Crippen molar-refractivity contribution in [2.24, 2.45) is 7.05 Å². The van der Waals surface area contributed by atoms with E-state index in [0.717, 1.165) is 25.6 Å². The Balaban J connectivity index is 1.72. The molecule has 19 heavy (non-hydrogen) atoms. The monoisotopic (exact) mass is 259 g/mol. The first kappa shape index (κ1) is 12.4. The Morgan fingerprint density at radius 1 is 1.42 bits per heavy atom. The maximum absolute atomic E-state index is 4.49. The highest BCUT2D eigenvalue weighted by molar-refractivity contribution is 5.18. The molecule has 0 spiro atoms. The van der Waals surface area contributed by atoms with Gasteiger partial charge in [-0.15, -0.1) is 0 Å². The topological polar surface area (TPSA) is 47.7 Å². The molecule has 2 aromatic heterocycles. The normalized spacial score (nSPS) is 15.1. The molecular formula is C14H21N5. The molecule has 102 valence electrons. The molecular weight excluding hydrogens is 238 g/mol. The third-order valence-electron chi connectivity index (χ3n) is 3.62. The molecule has 2 aromatic rings. The van der Waals surface area contributed by atoms with Crippen LogP contribution in [0.5, 0.6) is 0 Å². The van der Waals surface area contributed by atoms with Gasteiger partial charge in [0.05, 0.1) is 24.3 Å². The number of aryl methyl sites for hydroxylation is 2. The molecule has 5 heteroatoms. The van der Waals surface area contributed by atoms with E-state index in [2.05, 4.69) is 33.1 Å². The van der Waals surface area contributed by atoms with Gasteiger partial charge in [0.15, 0.2) is 0 Å². The van der Waals surface area contributed by atoms with Gasteiger partial charge in [-0.05, 0) is 19.3 Å². The van der Waals surface area contributed by atoms with Crippen molar-refractivity contribution in [3.05, 3.63) is 35.7 Å². The minimum absolute atomic E-state index is 0.730. The summed E-state index contributed by atoms with van der Waals surface area (Å²) in [6, 6.07) is 0.730. The minimum atomic E-state index is 0.730. The Hall–Kier alpha value is -1.62. The molecule has 1 aliphatic rings. The summed E-state index contributed by atoms with van der Waals surface area (Å²) in [4.78, 5) is 4.27. The highest BCUT2D eigenvalue weighted by atomic mass is 15.3. The van der Waals surface area contributed by atoms with E-state index >= 15 is 0 Å². The maximum atomic E-state index is 4.49. The first-order chi connectivity index (χ1) is 9.26. The lowest BCUT2D eigenvalue weighted by Crippen LogP contribution is -2.18. The van der Waals surface area contributed by atoms with Gasteiger partial charge in [-0.3, -0.25) is 4.68 Å². The molecule has 0 amide bonds. The summed E-state index contributed by atoms with van der Waals surface area (Å²) in [5.41, 5.74) is 3.71. The van der Waals surface area contributed by atoms with Gasteiger partial charge < -0.3 is 9.88 Å². The predicted octanol–water partition coefficient (Wildman–Crippen LogP) is 1.48. The number of aromatic nitrogens is 4. The van der Waals surface area contributed by atoms with E-state index in [1.165, 1.54) is 29.8 Å². The van der Waals surface area contributed by atoms with E-state index in [9.17, 15) is 0 Å². The largest absolute Gasteiger partial charge is 0.329 e. The van der Waals surface area contributed by atoms with Crippen LogP contribution in [0.15, 0.2) is 18.7 Å². The number of imidazole rings is 1. The van der Waals surface area contributed by atoms with Gasteiger partial charge in [0.25, 0.3) is 0 Å². The predicted molar refractivity (Wildman–Crippen MR) is 73.8 cm³/mol. The molecule has 0 unspecified atom stereocenters. The summed E-state index contributed by atoms with van der Waals surface area (Å²) >= 11 is 0. The van der Waals surface area contributed by atoms with E-state index in [0.29, 0.717) is 0 Å². The van der Waals surface area contributed by atoms with Crippen molar-refractivity contribution >= 4 is 0 Å². The first-order valence-electron chi connectivity index (χ1n) is 7.00. The standard InChI is InChI=1S/C14H21N5/c1-3-14-11(8-18(2)17-14)9-19-10-15-6-13(19)7-16-12-4-5-12/h6,8,10,12,16H,3-5,7,9H2,1-2H3. The molecule has 1 N–H and O–H groups in total. The molecule has 0 saturated heterocycles. The summed E-state index contributed by atoms with van der Waals surface area (Å²) in [7, 11) is 1.98. The van der Waals surface area contributed by atoms with Crippen LogP contribution in [0.4, 0.5) is 0 Å². The average Bonchev–Trinajstić information content (AvgIpc) is 3.02. The summed E-state index contributed by atoms with van der Waals surface area (Å²) in [5, 5.41) is 8.03. The molecule has 3 rings (SSSR count). The molecule has 0 aromatic carbocycles. The van der Waals surface area contributed by atoms with Crippen molar-refractivity contribution < 1.29 is 0 Å². The molecule has 0 aliphatic heterocycles. The van der Waals surface area contributed by atoms with Gasteiger partial charge in [-0.25, -0.2) is 4.98 Å². The summed E-state index contributed by atoms with van der Waals surface area (Å²) in [6.45, 7) is 3.92. The van der Waals surface area contributed by atoms with Crippen LogP contribution in [0.25, 0.3) is 0 Å². The highest BCUT2D eigenvalue weighted by Gasteiger charge is 2.20. The Bertz CT molecular complexity index is 550. The average molecular weight is 259 g/mol. The molecule has 0 bridgehead atoms. The van der Waals surface area contributed by atoms with Gasteiger partial charge in [0.2, 0.25) is 0 Å². The molecule has 1 fully saturated rings. The van der Waals surface area contributed by atoms with Gasteiger partial charge >= 0.3 is 0 Å². The van der Waals surface area contributed by atoms with Crippen LogP contribution in [0.1, 0.15) is 36.7 Å². The second kappa shape index (κ2) is 5.17. The first-order valence-corrected chi connectivity index (χ1v) is 7.00. The van der Waals surface area contributed by atoms with Crippen LogP contribution < -0.4 is 5.32 Å². The van der Waals surface area contributed by atoms with Gasteiger partial charge in [-0.1, -0.05) is 6.92 Å². The minimum Gasteiger partial charge on any atom is -0.329 e. The number of hydrogen-bond acceptors (Lipinski definition) is 3. The fourth-order valence-corrected chi connectivity index (χ4v) is 2.37. The smallest absolute Gasteiger partial charge is 0.0951 e. The van der Waals surface area contributed by atoms with Gasteiger partial charge in [0, 0.05) is 37.6 Å². The fraction of sp³-hybridized carbons (Fsp3) is 0.571. The molecule has 2 heterocycles. The third-order valence-corrected chi connectivity index (χ3v) is 3.62. The number of nitrogens with one attached hydrogen (secondary N) is 1. The van der Waals surface area contributed by atoms with Crippen LogP contribution >= 0.6 is 0 Å². The molecule has 5 nitrogen and oxygen atoms in total. The van der Waals surface area contributed by atoms with Gasteiger partial charge in [0.1, 0.15) is 0 Å². The Kier molecular flexibility index (Phi) is 3.38. The maximum Gasteiger partial charge on any atom is 0.0951 e. The van der Waals surface area contributed by atoms with Crippen LogP contribution in [0.2, 0.25) is 0 Å². The zero-order valence-corrected chi connectivity index (χ0v) is 11.6. The zero-order valence-electron chi connectivity index (χ0n) is 11.6. The summed E-state index contributed by atoms with van der Waals surface area (Å²) < 4.78 is 4.11. The highest BCUT2D eigenvalue weighted by Crippen LogP contribution is 2.19. The lowest BCUT2D eigenvalue weighted by Gasteiger charge is -2.08. The van der Waals surface area contributed by atoms with Crippen molar-refractivity contribution in [1.82, 2.24) is 24.6 Å². The van der Waals surface area contributed by atoms with Gasteiger partial charge in [-0.2, -0.15) is 5.10 Å². The summed E-state index contributed by atoms with van der Waals surface area (Å²) in [5.74, 6) is 0. The van der Waals surface area contributed by atoms with E-state index in [4.69, 9.17) is 0 Å². The fourth-order valence-electron chi connectivity index (χ4n) is 2.37. The number of nitrogens with zero attached hydrogens (tertiary/aromatic N) is 4. The summed E-state index contributed by atoms with van der Waals surface area (Å²) in [6.07, 6.45) is 9.58. The number of rotatable bonds is 6. The van der Waals surface area contributed by atoms with Crippen LogP contribution in [-0.2, 0) is 26.6 Å². The zero-order chi connectivity index (χ0) is 13.2. The third kappa shape index (κ3) is 2.87. The lowest BCUT2D eigenvalue weighted by atomic mass is 10.2. The van der Waals surface area contributed by atoms with E-state index in [1.54, 1.807) is 0 Å². The van der Waals surface area contributed by atoms with Crippen molar-refractivity contribution in [2.45, 2.75) is 45.3 Å². The van der Waals surface area contributed by atoms with Crippen LogP contribution in [-0.4, -0.2) is 25.4 Å². The Labute approximate surface area is 113 Å². The molecule has 0 radical (unpaired) electrons. The van der Waals surface area contributed by atoms with Crippen molar-refractivity contribution in [3.63, 3.8) is 0 Å². The second-order valence-electron chi connectivity index (χ2n) is 5.30. The van der Waals surface area contributed by atoms with Crippen LogP contribution in [0.3, 0.4) is 0 Å². The lowest BCUT2D eigenvalue weighted by molar-refractivity contribution is 0.633. The van der Waals surface area contributed by atoms with E-state index < -0.39 is 0 Å². The van der Waals surface area contributed by atoms with E-state index in [-0.39, 0.29) is 0 Å². The van der Waals surface area contributed by atoms with Crippen molar-refractivity contribution in [1.29, 1.82) is 0 Å². The molecule has 1 aliphatic carbocycles. The number of hydrogen-bond donors (Lipinski definition) is 1. The quantitative estimate of drug-likeness (QED) is 0.855. The Morgan fingerprint density at radius 2 is 2.26 bits per heavy atom. The van der Waals surface area contributed by atoms with E-state index in [1.807, 2.05) is 24.3 Å². The van der Waals surface area contributed by atoms with Crippen molar-refractivity contribution in [2.75, 3.05) is 0 Å². The molecule has 0 atom stereocenters. The molecule has 1 saturated carbocycles. The second-order valence-corrected chi connectivity index (χ2v) is 5.30. The SMILES string of the molecule is CCc1nn(C)cc1Cn1cncc1CNC1CC1.